The van der Waals surface area contributed by atoms with Crippen molar-refractivity contribution in [2.45, 2.75) is 6.92 Å². The molecule has 1 rings (SSSR count). The first-order valence-corrected chi connectivity index (χ1v) is 3.86. The molecule has 6 heteroatoms. The maximum atomic E-state index is 13.3. The maximum Gasteiger partial charge on any atom is 0.339 e. The van der Waals surface area contributed by atoms with Gasteiger partial charge in [-0.15, -0.1) is 0 Å². The molecule has 0 saturated heterocycles. The van der Waals surface area contributed by atoms with E-state index in [4.69, 9.17) is 5.11 Å². The van der Waals surface area contributed by atoms with Crippen molar-refractivity contribution in [3.05, 3.63) is 28.6 Å². The van der Waals surface area contributed by atoms with Gasteiger partial charge in [0, 0.05) is 5.56 Å². The molecular formula is C9H7F3O3. The Hall–Kier alpha value is -1.72. The molecule has 0 heterocycles. The number of carbonyl (C=O) groups is 1. The lowest BCUT2D eigenvalue weighted by Crippen LogP contribution is -2.10. The van der Waals surface area contributed by atoms with E-state index in [-0.39, 0.29) is 0 Å². The van der Waals surface area contributed by atoms with Gasteiger partial charge in [0.05, 0.1) is 7.11 Å². The van der Waals surface area contributed by atoms with Crippen LogP contribution in [0.1, 0.15) is 15.9 Å². The van der Waals surface area contributed by atoms with Crippen LogP contribution in [0.5, 0.6) is 5.75 Å². The molecule has 0 saturated carbocycles. The normalized spacial score (nSPS) is 10.2. The second kappa shape index (κ2) is 3.80. The second-order valence-electron chi connectivity index (χ2n) is 2.78. The summed E-state index contributed by atoms with van der Waals surface area (Å²) in [5.74, 6) is -7.08. The minimum atomic E-state index is -1.68. The molecular weight excluding hydrogens is 213 g/mol. The molecule has 0 atom stereocenters. The summed E-state index contributed by atoms with van der Waals surface area (Å²) in [5, 5.41) is 8.60. The number of aromatic carboxylic acids is 1. The van der Waals surface area contributed by atoms with Gasteiger partial charge in [-0.2, -0.15) is 4.39 Å². The van der Waals surface area contributed by atoms with Gasteiger partial charge in [0.1, 0.15) is 5.56 Å². The molecule has 0 unspecified atom stereocenters. The Morgan fingerprint density at radius 1 is 1.20 bits per heavy atom. The maximum absolute atomic E-state index is 13.3. The van der Waals surface area contributed by atoms with E-state index in [1.165, 1.54) is 0 Å². The monoisotopic (exact) mass is 220 g/mol. The summed E-state index contributed by atoms with van der Waals surface area (Å²) in [7, 11) is 0.919. The van der Waals surface area contributed by atoms with Crippen molar-refractivity contribution < 1.29 is 27.8 Å². The highest BCUT2D eigenvalue weighted by molar-refractivity contribution is 5.90. The van der Waals surface area contributed by atoms with E-state index in [9.17, 15) is 18.0 Å². The zero-order valence-electron chi connectivity index (χ0n) is 7.90. The van der Waals surface area contributed by atoms with Crippen LogP contribution in [0, 0.1) is 24.4 Å². The largest absolute Gasteiger partial charge is 0.491 e. The molecule has 0 amide bonds. The molecule has 0 aromatic heterocycles. The van der Waals surface area contributed by atoms with Crippen molar-refractivity contribution in [2.24, 2.45) is 0 Å². The molecule has 0 fully saturated rings. The first kappa shape index (κ1) is 11.4. The van der Waals surface area contributed by atoms with Crippen LogP contribution in [0.4, 0.5) is 13.2 Å². The molecule has 3 nitrogen and oxygen atoms in total. The second-order valence-corrected chi connectivity index (χ2v) is 2.78. The molecule has 82 valence electrons. The van der Waals surface area contributed by atoms with Crippen molar-refractivity contribution in [1.82, 2.24) is 0 Å². The van der Waals surface area contributed by atoms with Crippen molar-refractivity contribution in [2.75, 3.05) is 7.11 Å². The molecule has 1 aromatic carbocycles. The highest BCUT2D eigenvalue weighted by Gasteiger charge is 2.26. The fourth-order valence-corrected chi connectivity index (χ4v) is 1.18. The summed E-state index contributed by atoms with van der Waals surface area (Å²) in [5.41, 5.74) is -1.52. The molecule has 0 aliphatic heterocycles. The summed E-state index contributed by atoms with van der Waals surface area (Å²) in [4.78, 5) is 10.6. The van der Waals surface area contributed by atoms with Gasteiger partial charge in [-0.05, 0) is 6.92 Å². The Kier molecular flexibility index (Phi) is 2.88. The van der Waals surface area contributed by atoms with Crippen LogP contribution in [0.3, 0.4) is 0 Å². The quantitative estimate of drug-likeness (QED) is 0.776. The number of hydrogen-bond donors (Lipinski definition) is 1. The first-order chi connectivity index (χ1) is 6.91. The molecule has 0 spiro atoms. The molecule has 0 aliphatic carbocycles. The van der Waals surface area contributed by atoms with Crippen LogP contribution in [-0.2, 0) is 0 Å². The standard InChI is InChI=1S/C9H7F3O3/c1-3-4(9(13)14)6(11)8(15-2)7(12)5(3)10/h1-2H3,(H,13,14). The average Bonchev–Trinajstić information content (AvgIpc) is 2.15. The van der Waals surface area contributed by atoms with Crippen LogP contribution in [0.25, 0.3) is 0 Å². The number of benzene rings is 1. The van der Waals surface area contributed by atoms with Crippen LogP contribution in [0.2, 0.25) is 0 Å². The highest BCUT2D eigenvalue weighted by atomic mass is 19.2. The number of carboxylic acid groups (broad SMARTS) is 1. The zero-order valence-corrected chi connectivity index (χ0v) is 7.90. The van der Waals surface area contributed by atoms with E-state index < -0.39 is 40.3 Å². The summed E-state index contributed by atoms with van der Waals surface area (Å²) >= 11 is 0. The number of methoxy groups -OCH3 is 1. The van der Waals surface area contributed by atoms with E-state index in [0.717, 1.165) is 14.0 Å². The third-order valence-corrected chi connectivity index (χ3v) is 1.93. The van der Waals surface area contributed by atoms with Gasteiger partial charge in [0.2, 0.25) is 5.82 Å². The van der Waals surface area contributed by atoms with Crippen molar-refractivity contribution >= 4 is 5.97 Å². The lowest BCUT2D eigenvalue weighted by atomic mass is 10.1. The number of hydrogen-bond acceptors (Lipinski definition) is 2. The topological polar surface area (TPSA) is 46.5 Å². The average molecular weight is 220 g/mol. The number of ether oxygens (including phenoxy) is 1. The molecule has 0 bridgehead atoms. The van der Waals surface area contributed by atoms with Gasteiger partial charge < -0.3 is 9.84 Å². The minimum Gasteiger partial charge on any atom is -0.491 e. The van der Waals surface area contributed by atoms with Gasteiger partial charge >= 0.3 is 5.97 Å². The predicted octanol–water partition coefficient (Wildman–Crippen LogP) is 2.12. The van der Waals surface area contributed by atoms with Gasteiger partial charge in [-0.1, -0.05) is 0 Å². The smallest absolute Gasteiger partial charge is 0.339 e. The van der Waals surface area contributed by atoms with Crippen LogP contribution in [-0.4, -0.2) is 18.2 Å². The fraction of sp³-hybridized carbons (Fsp3) is 0.222. The molecule has 0 radical (unpaired) electrons. The van der Waals surface area contributed by atoms with E-state index in [0.29, 0.717) is 0 Å². The lowest BCUT2D eigenvalue weighted by molar-refractivity contribution is 0.0689. The fourth-order valence-electron chi connectivity index (χ4n) is 1.18. The molecule has 1 N–H and O–H groups in total. The Balaban J connectivity index is 3.68. The first-order valence-electron chi connectivity index (χ1n) is 3.86. The van der Waals surface area contributed by atoms with E-state index in [2.05, 4.69) is 4.74 Å². The van der Waals surface area contributed by atoms with E-state index in [1.54, 1.807) is 0 Å². The number of halogens is 3. The number of carboxylic acids is 1. The van der Waals surface area contributed by atoms with Gasteiger partial charge in [0.25, 0.3) is 0 Å². The van der Waals surface area contributed by atoms with Gasteiger partial charge in [-0.3, -0.25) is 0 Å². The SMILES string of the molecule is COc1c(F)c(F)c(C)c(C(=O)O)c1F. The summed E-state index contributed by atoms with van der Waals surface area (Å²) in [6.45, 7) is 0.977. The summed E-state index contributed by atoms with van der Waals surface area (Å²) in [6.07, 6.45) is 0. The van der Waals surface area contributed by atoms with Crippen LogP contribution >= 0.6 is 0 Å². The van der Waals surface area contributed by atoms with E-state index in [1.807, 2.05) is 0 Å². The summed E-state index contributed by atoms with van der Waals surface area (Å²) < 4.78 is 43.7. The third-order valence-electron chi connectivity index (χ3n) is 1.93. The lowest BCUT2D eigenvalue weighted by Gasteiger charge is -2.09. The molecule has 15 heavy (non-hydrogen) atoms. The van der Waals surface area contributed by atoms with Crippen LogP contribution in [0.15, 0.2) is 0 Å². The number of rotatable bonds is 2. The Labute approximate surface area is 83.1 Å². The molecule has 1 aromatic rings. The summed E-state index contributed by atoms with van der Waals surface area (Å²) in [6, 6.07) is 0. The van der Waals surface area contributed by atoms with Gasteiger partial charge in [-0.25, -0.2) is 13.6 Å². The van der Waals surface area contributed by atoms with E-state index >= 15 is 0 Å². The van der Waals surface area contributed by atoms with Gasteiger partial charge in [0.15, 0.2) is 17.4 Å². The van der Waals surface area contributed by atoms with Crippen molar-refractivity contribution in [1.29, 1.82) is 0 Å². The van der Waals surface area contributed by atoms with Crippen molar-refractivity contribution in [3.63, 3.8) is 0 Å². The minimum absolute atomic E-state index is 0.599. The van der Waals surface area contributed by atoms with Crippen molar-refractivity contribution in [3.8, 4) is 5.75 Å². The molecule has 0 aliphatic rings. The zero-order chi connectivity index (χ0) is 11.7. The Morgan fingerprint density at radius 2 is 1.73 bits per heavy atom. The Morgan fingerprint density at radius 3 is 2.13 bits per heavy atom. The third kappa shape index (κ3) is 1.62. The highest BCUT2D eigenvalue weighted by Crippen LogP contribution is 2.30. The van der Waals surface area contributed by atoms with Crippen LogP contribution < -0.4 is 4.74 Å². The predicted molar refractivity (Wildman–Crippen MR) is 44.6 cm³/mol. The Bertz CT molecular complexity index is 429.